The molecule has 0 rings (SSSR count). The van der Waals surface area contributed by atoms with Gasteiger partial charge in [-0.3, -0.25) is 14.2 Å². The van der Waals surface area contributed by atoms with Gasteiger partial charge in [0.25, 0.3) is 7.82 Å². The number of likely N-dealkylation sites (N-methyl/N-ethyl adjacent to an activating group) is 1. The molecule has 0 amide bonds. The van der Waals surface area contributed by atoms with Crippen LogP contribution in [-0.2, 0) is 32.7 Å². The number of phosphoric ester groups is 1. The van der Waals surface area contributed by atoms with Gasteiger partial charge < -0.3 is 27.9 Å². The van der Waals surface area contributed by atoms with E-state index in [0.29, 0.717) is 23.9 Å². The van der Waals surface area contributed by atoms with E-state index in [1.165, 1.54) is 19.3 Å². The van der Waals surface area contributed by atoms with E-state index in [0.717, 1.165) is 135 Å². The third kappa shape index (κ3) is 62.3. The number of nitrogens with zero attached hydrogens (tertiary/aromatic N) is 1. The molecule has 0 spiro atoms. The SMILES string of the molecule is CC/C=C\C/C=C\C/C=C\C/C=C\C/C=C\C/C=C\C/C=C\C/C=C\C/C=C\C/C=C\C/C=C\C/C=C\CCCCC(=O)OC(COC(=O)CCCCCCCCC/C=C\C/C=C\C/C=C\CC)COP(=O)([O-])OCC[N+](C)(C)C. The van der Waals surface area contributed by atoms with Crippen molar-refractivity contribution in [1.82, 2.24) is 0 Å². The van der Waals surface area contributed by atoms with E-state index in [1.54, 1.807) is 0 Å². The highest BCUT2D eigenvalue weighted by Gasteiger charge is 2.21. The molecule has 0 N–H and O–H groups in total. The van der Waals surface area contributed by atoms with E-state index in [4.69, 9.17) is 18.5 Å². The molecule has 0 fully saturated rings. The van der Waals surface area contributed by atoms with Gasteiger partial charge in [-0.05, 0) is 135 Å². The third-order valence-electron chi connectivity index (χ3n) is 11.9. The van der Waals surface area contributed by atoms with Crippen molar-refractivity contribution in [3.8, 4) is 0 Å². The van der Waals surface area contributed by atoms with Gasteiger partial charge in [-0.2, -0.15) is 0 Å². The fourth-order valence-electron chi connectivity index (χ4n) is 7.30. The van der Waals surface area contributed by atoms with E-state index < -0.39 is 32.5 Å². The minimum atomic E-state index is -4.66. The van der Waals surface area contributed by atoms with Gasteiger partial charge in [0, 0.05) is 12.8 Å². The lowest BCUT2D eigenvalue weighted by molar-refractivity contribution is -0.870. The number of hydrogen-bond acceptors (Lipinski definition) is 8. The zero-order chi connectivity index (χ0) is 58.4. The molecule has 0 aliphatic heterocycles. The fraction of sp³-hybridized carbons (Fsp3) is 0.543. The summed E-state index contributed by atoms with van der Waals surface area (Å²) >= 11 is 0. The quantitative estimate of drug-likeness (QED) is 0.0195. The maximum absolute atomic E-state index is 12.8. The molecular formula is C70H110NO8P. The summed E-state index contributed by atoms with van der Waals surface area (Å²) in [6.07, 6.45) is 91.0. The number of hydrogen-bond donors (Lipinski definition) is 0. The number of phosphoric acid groups is 1. The second-order valence-corrected chi connectivity index (χ2v) is 22.0. The van der Waals surface area contributed by atoms with Crippen LogP contribution in [0.1, 0.15) is 194 Å². The first kappa shape index (κ1) is 75.1. The highest BCUT2D eigenvalue weighted by molar-refractivity contribution is 7.45. The number of quaternary nitrogens is 1. The molecule has 2 unspecified atom stereocenters. The molecule has 0 aromatic heterocycles. The van der Waals surface area contributed by atoms with Crippen molar-refractivity contribution in [2.24, 2.45) is 0 Å². The van der Waals surface area contributed by atoms with Gasteiger partial charge in [0.1, 0.15) is 19.8 Å². The molecule has 2 atom stereocenters. The highest BCUT2D eigenvalue weighted by atomic mass is 31.2. The Kier molecular flexibility index (Phi) is 55.2. The van der Waals surface area contributed by atoms with Crippen LogP contribution >= 0.6 is 7.82 Å². The Morgan fingerprint density at radius 3 is 1.02 bits per heavy atom. The minimum Gasteiger partial charge on any atom is -0.756 e. The normalized spacial score (nSPS) is 14.5. The van der Waals surface area contributed by atoms with E-state index in [2.05, 4.69) is 196 Å². The molecule has 0 radical (unpaired) electrons. The first-order valence-corrected chi connectivity index (χ1v) is 32.0. The molecule has 80 heavy (non-hydrogen) atoms. The van der Waals surface area contributed by atoms with E-state index >= 15 is 0 Å². The van der Waals surface area contributed by atoms with Crippen molar-refractivity contribution < 1.29 is 42.1 Å². The molecule has 0 aromatic rings. The van der Waals surface area contributed by atoms with Gasteiger partial charge in [0.05, 0.1) is 27.7 Å². The van der Waals surface area contributed by atoms with Crippen LogP contribution in [0.15, 0.2) is 182 Å². The lowest BCUT2D eigenvalue weighted by Gasteiger charge is -2.28. The van der Waals surface area contributed by atoms with Gasteiger partial charge in [0.2, 0.25) is 0 Å². The Morgan fingerprint density at radius 2 is 0.675 bits per heavy atom. The first-order valence-electron chi connectivity index (χ1n) is 30.5. The third-order valence-corrected chi connectivity index (χ3v) is 12.9. The van der Waals surface area contributed by atoms with Gasteiger partial charge in [0.15, 0.2) is 6.10 Å². The van der Waals surface area contributed by atoms with Crippen molar-refractivity contribution in [1.29, 1.82) is 0 Å². The van der Waals surface area contributed by atoms with Crippen molar-refractivity contribution in [2.75, 3.05) is 47.5 Å². The van der Waals surface area contributed by atoms with Crippen LogP contribution in [0.3, 0.4) is 0 Å². The highest BCUT2D eigenvalue weighted by Crippen LogP contribution is 2.38. The monoisotopic (exact) mass is 1120 g/mol. The molecule has 0 saturated carbocycles. The van der Waals surface area contributed by atoms with Gasteiger partial charge >= 0.3 is 11.9 Å². The molecule has 9 nitrogen and oxygen atoms in total. The van der Waals surface area contributed by atoms with Crippen molar-refractivity contribution >= 4 is 19.8 Å². The van der Waals surface area contributed by atoms with Crippen LogP contribution in [0, 0.1) is 0 Å². The van der Waals surface area contributed by atoms with Gasteiger partial charge in [-0.1, -0.05) is 228 Å². The number of rotatable bonds is 53. The number of carbonyl (C=O) groups excluding carboxylic acids is 2. The predicted octanol–water partition coefficient (Wildman–Crippen LogP) is 19.0. The largest absolute Gasteiger partial charge is 0.756 e. The van der Waals surface area contributed by atoms with Crippen molar-refractivity contribution in [3.63, 3.8) is 0 Å². The summed E-state index contributed by atoms with van der Waals surface area (Å²) in [5, 5.41) is 0. The van der Waals surface area contributed by atoms with Crippen molar-refractivity contribution in [3.05, 3.63) is 182 Å². The Balaban J connectivity index is 4.27. The topological polar surface area (TPSA) is 111 Å². The van der Waals surface area contributed by atoms with Gasteiger partial charge in [-0.15, -0.1) is 0 Å². The molecule has 0 aromatic carbocycles. The first-order chi connectivity index (χ1) is 39.0. The predicted molar refractivity (Wildman–Crippen MR) is 341 cm³/mol. The lowest BCUT2D eigenvalue weighted by atomic mass is 10.1. The minimum absolute atomic E-state index is 0.0518. The smallest absolute Gasteiger partial charge is 0.306 e. The molecule has 0 bridgehead atoms. The number of esters is 2. The molecule has 0 heterocycles. The summed E-state index contributed by atoms with van der Waals surface area (Å²) in [7, 11) is 1.10. The molecule has 0 aliphatic rings. The van der Waals surface area contributed by atoms with Crippen LogP contribution in [0.25, 0.3) is 0 Å². The molecular weight excluding hydrogens is 1010 g/mol. The fourth-order valence-corrected chi connectivity index (χ4v) is 8.03. The number of allylic oxidation sites excluding steroid dienone is 30. The number of ether oxygens (including phenoxy) is 2. The Hall–Kier alpha value is -4.89. The van der Waals surface area contributed by atoms with Crippen LogP contribution in [0.5, 0.6) is 0 Å². The van der Waals surface area contributed by atoms with Crippen molar-refractivity contribution in [2.45, 2.75) is 200 Å². The molecule has 448 valence electrons. The Morgan fingerprint density at radius 1 is 0.388 bits per heavy atom. The van der Waals surface area contributed by atoms with E-state index in [1.807, 2.05) is 21.1 Å². The van der Waals surface area contributed by atoms with E-state index in [-0.39, 0.29) is 26.1 Å². The van der Waals surface area contributed by atoms with Crippen LogP contribution < -0.4 is 4.89 Å². The second-order valence-electron chi connectivity index (χ2n) is 20.6. The summed E-state index contributed by atoms with van der Waals surface area (Å²) in [6, 6.07) is 0. The van der Waals surface area contributed by atoms with Crippen LogP contribution in [0.2, 0.25) is 0 Å². The summed E-state index contributed by atoms with van der Waals surface area (Å²) in [6.45, 7) is 3.91. The average Bonchev–Trinajstić information content (AvgIpc) is 3.42. The lowest BCUT2D eigenvalue weighted by Crippen LogP contribution is -2.37. The summed E-state index contributed by atoms with van der Waals surface area (Å²) in [4.78, 5) is 37.8. The zero-order valence-corrected chi connectivity index (χ0v) is 51.6. The molecule has 0 aliphatic carbocycles. The zero-order valence-electron chi connectivity index (χ0n) is 50.7. The standard InChI is InChI=1S/C70H110NO8P/c1-6-8-10-12-14-16-18-20-22-24-25-26-27-28-29-30-31-32-33-34-35-36-37-38-39-40-41-42-43-44-45-47-49-51-53-55-57-59-61-63-70(73)79-68(67-78-80(74,75)77-65-64-71(3,4)5)66-76-69(72)62-60-58-56-54-52-50-48-46-23-21-19-17-15-13-11-9-7-2/h8-11,14-17,20-23,25-26,28-29,31-32,34-35,37-38,40-41,43-44,47,49,53,55,68H,6-7,12-13,18-19,24,27,30,33,36,39,42,45-46,48,50-52,54,56-67H2,1-5H3/b10-8-,11-9-,16-14-,17-15-,22-20-,23-21-,26-25-,29-28-,32-31-,35-34-,38-37-,41-40-,44-43-,49-47-,55-53-. The molecule has 10 heteroatoms. The number of carbonyl (C=O) groups is 2. The van der Waals surface area contributed by atoms with Crippen LogP contribution in [-0.4, -0.2) is 70.0 Å². The summed E-state index contributed by atoms with van der Waals surface area (Å²) < 4.78 is 34.1. The summed E-state index contributed by atoms with van der Waals surface area (Å²) in [5.41, 5.74) is 0. The molecule has 0 saturated heterocycles. The Bertz CT molecular complexity index is 2000. The van der Waals surface area contributed by atoms with Gasteiger partial charge in [-0.25, -0.2) is 0 Å². The van der Waals surface area contributed by atoms with E-state index in [9.17, 15) is 19.0 Å². The summed E-state index contributed by atoms with van der Waals surface area (Å²) in [5.74, 6) is -0.913. The van der Waals surface area contributed by atoms with Crippen LogP contribution in [0.4, 0.5) is 0 Å². The second kappa shape index (κ2) is 58.8. The maximum Gasteiger partial charge on any atom is 0.306 e. The average molecular weight is 1120 g/mol. The maximum atomic E-state index is 12.8. The number of unbranched alkanes of at least 4 members (excludes halogenated alkanes) is 9. The Labute approximate surface area is 489 Å².